The molecule has 2 aromatic carbocycles. The van der Waals surface area contributed by atoms with Crippen molar-refractivity contribution in [2.24, 2.45) is 0 Å². The largest absolute Gasteiger partial charge is 0.388 e. The molecule has 0 radical (unpaired) electrons. The molecule has 0 aliphatic heterocycles. The minimum absolute atomic E-state index is 0.244. The van der Waals surface area contributed by atoms with Gasteiger partial charge < -0.3 is 10.0 Å². The van der Waals surface area contributed by atoms with E-state index in [1.54, 1.807) is 18.2 Å². The first-order chi connectivity index (χ1) is 8.29. The summed E-state index contributed by atoms with van der Waals surface area (Å²) in [6.45, 7) is 0. The normalized spacial score (nSPS) is 10.0. The van der Waals surface area contributed by atoms with Crippen molar-refractivity contribution in [1.82, 2.24) is 0 Å². The van der Waals surface area contributed by atoms with Gasteiger partial charge in [-0.2, -0.15) is 0 Å². The van der Waals surface area contributed by atoms with Gasteiger partial charge in [0, 0.05) is 17.6 Å². The molecule has 0 atom stereocenters. The Kier molecular flexibility index (Phi) is 3.88. The molecule has 0 unspecified atom stereocenters. The molecule has 0 saturated carbocycles. The fraction of sp³-hybridized carbons (Fsp3) is 0.0769. The van der Waals surface area contributed by atoms with E-state index in [9.17, 15) is 4.39 Å². The van der Waals surface area contributed by atoms with Gasteiger partial charge in [-0.15, -0.1) is 0 Å². The standard InChI is InChI=1S/C13H13FN2S/c1-15-10-6-8-11(9-7-10)17-16-13-5-3-2-4-12(13)14/h2-9,15-16H,1H3. The van der Waals surface area contributed by atoms with Gasteiger partial charge >= 0.3 is 0 Å². The number of hydrogen-bond donors (Lipinski definition) is 2. The zero-order valence-corrected chi connectivity index (χ0v) is 10.2. The van der Waals surface area contributed by atoms with E-state index in [1.165, 1.54) is 18.0 Å². The fourth-order valence-electron chi connectivity index (χ4n) is 1.35. The van der Waals surface area contributed by atoms with Crippen LogP contribution in [0.3, 0.4) is 0 Å². The van der Waals surface area contributed by atoms with Crippen molar-refractivity contribution in [3.8, 4) is 0 Å². The van der Waals surface area contributed by atoms with Crippen molar-refractivity contribution in [3.63, 3.8) is 0 Å². The van der Waals surface area contributed by atoms with Crippen molar-refractivity contribution in [2.45, 2.75) is 4.90 Å². The first kappa shape index (κ1) is 11.8. The van der Waals surface area contributed by atoms with Crippen LogP contribution in [-0.2, 0) is 0 Å². The summed E-state index contributed by atoms with van der Waals surface area (Å²) >= 11 is 1.39. The summed E-state index contributed by atoms with van der Waals surface area (Å²) in [4.78, 5) is 1.03. The summed E-state index contributed by atoms with van der Waals surface area (Å²) < 4.78 is 16.3. The maximum Gasteiger partial charge on any atom is 0.147 e. The molecule has 17 heavy (non-hydrogen) atoms. The maximum absolute atomic E-state index is 13.3. The fourth-order valence-corrected chi connectivity index (χ4v) is 2.01. The molecule has 2 N–H and O–H groups in total. The van der Waals surface area contributed by atoms with E-state index in [0.29, 0.717) is 5.69 Å². The topological polar surface area (TPSA) is 24.1 Å². The lowest BCUT2D eigenvalue weighted by atomic mass is 10.3. The Morgan fingerprint density at radius 1 is 1.00 bits per heavy atom. The molecule has 88 valence electrons. The van der Waals surface area contributed by atoms with Gasteiger partial charge in [0.25, 0.3) is 0 Å². The molecule has 0 spiro atoms. The summed E-state index contributed by atoms with van der Waals surface area (Å²) in [5, 5.41) is 3.05. The highest BCUT2D eigenvalue weighted by molar-refractivity contribution is 8.00. The number of para-hydroxylation sites is 1. The van der Waals surface area contributed by atoms with E-state index >= 15 is 0 Å². The lowest BCUT2D eigenvalue weighted by Crippen LogP contribution is -1.91. The van der Waals surface area contributed by atoms with Crippen LogP contribution in [0.15, 0.2) is 53.4 Å². The van der Waals surface area contributed by atoms with Crippen LogP contribution >= 0.6 is 11.9 Å². The third kappa shape index (κ3) is 3.14. The van der Waals surface area contributed by atoms with Gasteiger partial charge in [-0.25, -0.2) is 4.39 Å². The van der Waals surface area contributed by atoms with Crippen LogP contribution < -0.4 is 10.0 Å². The van der Waals surface area contributed by atoms with Gasteiger partial charge in [0.1, 0.15) is 5.82 Å². The van der Waals surface area contributed by atoms with Crippen LogP contribution in [-0.4, -0.2) is 7.05 Å². The van der Waals surface area contributed by atoms with Crippen LogP contribution in [0.2, 0.25) is 0 Å². The van der Waals surface area contributed by atoms with E-state index in [-0.39, 0.29) is 5.82 Å². The third-order valence-electron chi connectivity index (χ3n) is 2.30. The van der Waals surface area contributed by atoms with Gasteiger partial charge in [-0.1, -0.05) is 12.1 Å². The van der Waals surface area contributed by atoms with Crippen molar-refractivity contribution < 1.29 is 4.39 Å². The summed E-state index contributed by atoms with van der Waals surface area (Å²) in [5.41, 5.74) is 1.55. The quantitative estimate of drug-likeness (QED) is 0.800. The first-order valence-electron chi connectivity index (χ1n) is 5.25. The Morgan fingerprint density at radius 2 is 1.71 bits per heavy atom. The zero-order chi connectivity index (χ0) is 12.1. The molecular weight excluding hydrogens is 235 g/mol. The van der Waals surface area contributed by atoms with Crippen molar-refractivity contribution in [2.75, 3.05) is 17.1 Å². The Morgan fingerprint density at radius 3 is 2.35 bits per heavy atom. The molecule has 0 saturated heterocycles. The molecule has 0 heterocycles. The minimum Gasteiger partial charge on any atom is -0.388 e. The number of anilines is 2. The van der Waals surface area contributed by atoms with Crippen molar-refractivity contribution >= 4 is 23.3 Å². The predicted molar refractivity (Wildman–Crippen MR) is 71.9 cm³/mol. The molecule has 2 nitrogen and oxygen atoms in total. The number of rotatable bonds is 4. The highest BCUT2D eigenvalue weighted by Gasteiger charge is 2.00. The molecular formula is C13H13FN2S. The predicted octanol–water partition coefficient (Wildman–Crippen LogP) is 3.99. The summed E-state index contributed by atoms with van der Waals surface area (Å²) in [7, 11) is 1.87. The summed E-state index contributed by atoms with van der Waals surface area (Å²) in [5.74, 6) is -0.244. The number of benzene rings is 2. The number of hydrogen-bond acceptors (Lipinski definition) is 3. The average molecular weight is 248 g/mol. The SMILES string of the molecule is CNc1ccc(SNc2ccccc2F)cc1. The molecule has 0 amide bonds. The molecule has 4 heteroatoms. The molecule has 2 aromatic rings. The molecule has 0 fully saturated rings. The van der Waals surface area contributed by atoms with Gasteiger partial charge in [-0.05, 0) is 48.3 Å². The van der Waals surface area contributed by atoms with Gasteiger partial charge in [0.15, 0.2) is 0 Å². The van der Waals surface area contributed by atoms with E-state index in [4.69, 9.17) is 0 Å². The maximum atomic E-state index is 13.3. The van der Waals surface area contributed by atoms with Crippen LogP contribution in [0.5, 0.6) is 0 Å². The summed E-state index contributed by atoms with van der Waals surface area (Å²) in [6.07, 6.45) is 0. The number of nitrogens with one attached hydrogen (secondary N) is 2. The highest BCUT2D eigenvalue weighted by atomic mass is 32.2. The van der Waals surface area contributed by atoms with E-state index < -0.39 is 0 Å². The third-order valence-corrected chi connectivity index (χ3v) is 3.13. The molecule has 0 aromatic heterocycles. The Balaban J connectivity index is 2.00. The zero-order valence-electron chi connectivity index (χ0n) is 9.41. The van der Waals surface area contributed by atoms with Crippen LogP contribution in [0.1, 0.15) is 0 Å². The second-order valence-electron chi connectivity index (χ2n) is 3.46. The minimum atomic E-state index is -0.244. The highest BCUT2D eigenvalue weighted by Crippen LogP contribution is 2.23. The molecule has 0 bridgehead atoms. The van der Waals surface area contributed by atoms with Gasteiger partial charge in [0.2, 0.25) is 0 Å². The Labute approximate surface area is 104 Å². The first-order valence-corrected chi connectivity index (χ1v) is 6.06. The van der Waals surface area contributed by atoms with E-state index in [0.717, 1.165) is 10.6 Å². The Hall–Kier alpha value is -1.68. The van der Waals surface area contributed by atoms with Gasteiger partial charge in [0.05, 0.1) is 5.69 Å². The second kappa shape index (κ2) is 5.59. The van der Waals surface area contributed by atoms with Crippen LogP contribution in [0.4, 0.5) is 15.8 Å². The Bertz CT molecular complexity index is 485. The summed E-state index contributed by atoms with van der Waals surface area (Å²) in [6, 6.07) is 14.5. The van der Waals surface area contributed by atoms with Crippen LogP contribution in [0, 0.1) is 5.82 Å². The van der Waals surface area contributed by atoms with E-state index in [2.05, 4.69) is 10.0 Å². The lowest BCUT2D eigenvalue weighted by Gasteiger charge is -2.07. The van der Waals surface area contributed by atoms with Crippen molar-refractivity contribution in [3.05, 3.63) is 54.3 Å². The molecule has 0 aliphatic rings. The lowest BCUT2D eigenvalue weighted by molar-refractivity contribution is 0.632. The smallest absolute Gasteiger partial charge is 0.147 e. The van der Waals surface area contributed by atoms with Crippen LogP contribution in [0.25, 0.3) is 0 Å². The number of halogens is 1. The molecule has 2 rings (SSSR count). The van der Waals surface area contributed by atoms with E-state index in [1.807, 2.05) is 31.3 Å². The average Bonchev–Trinajstić information content (AvgIpc) is 2.38. The monoisotopic (exact) mass is 248 g/mol. The van der Waals surface area contributed by atoms with Crippen molar-refractivity contribution in [1.29, 1.82) is 0 Å². The molecule has 0 aliphatic carbocycles. The second-order valence-corrected chi connectivity index (χ2v) is 4.34. The van der Waals surface area contributed by atoms with Gasteiger partial charge in [-0.3, -0.25) is 0 Å².